The molecule has 1 saturated carbocycles. The molecule has 0 aromatic heterocycles. The van der Waals surface area contributed by atoms with Crippen molar-refractivity contribution in [2.75, 3.05) is 17.4 Å². The van der Waals surface area contributed by atoms with Crippen molar-refractivity contribution < 1.29 is 18.0 Å². The Bertz CT molecular complexity index is 1310. The van der Waals surface area contributed by atoms with Crippen molar-refractivity contribution in [3.05, 3.63) is 96.6 Å². The summed E-state index contributed by atoms with van der Waals surface area (Å²) in [7, 11) is -4.04. The van der Waals surface area contributed by atoms with Gasteiger partial charge in [0.2, 0.25) is 11.8 Å². The Labute approximate surface area is 231 Å². The molecule has 0 heterocycles. The standard InChI is InChI=1S/C31H37N3O4S/c1-2-29(31(36)32-26-16-12-13-17-26)33(23-22-25-14-6-3-7-15-25)30(35)24-34(27-18-8-4-9-19-27)39(37,38)28-20-10-5-11-21-28/h3-11,14-15,18-21,26,29H,2,12-13,16-17,22-24H2,1H3,(H,32,36). The van der Waals surface area contributed by atoms with Crippen LogP contribution < -0.4 is 9.62 Å². The molecule has 1 atom stereocenters. The van der Waals surface area contributed by atoms with E-state index in [4.69, 9.17) is 0 Å². The van der Waals surface area contributed by atoms with Crippen LogP contribution in [-0.4, -0.2) is 50.3 Å². The first-order valence-electron chi connectivity index (χ1n) is 13.7. The summed E-state index contributed by atoms with van der Waals surface area (Å²) < 4.78 is 28.6. The first-order valence-corrected chi connectivity index (χ1v) is 15.1. The molecule has 7 nitrogen and oxygen atoms in total. The van der Waals surface area contributed by atoms with Crippen LogP contribution in [0.15, 0.2) is 95.9 Å². The number of nitrogens with one attached hydrogen (secondary N) is 1. The van der Waals surface area contributed by atoms with Gasteiger partial charge in [-0.25, -0.2) is 8.42 Å². The molecule has 3 aromatic rings. The zero-order chi connectivity index (χ0) is 27.7. The maximum atomic E-state index is 14.0. The Morgan fingerprint density at radius 2 is 1.44 bits per heavy atom. The summed E-state index contributed by atoms with van der Waals surface area (Å²) >= 11 is 0. The molecule has 1 aliphatic rings. The normalized spacial score (nSPS) is 14.5. The topological polar surface area (TPSA) is 86.8 Å². The summed E-state index contributed by atoms with van der Waals surface area (Å²) in [6, 6.07) is 25.9. The lowest BCUT2D eigenvalue weighted by molar-refractivity contribution is -0.139. The first kappa shape index (κ1) is 28.4. The Morgan fingerprint density at radius 3 is 2.03 bits per heavy atom. The van der Waals surface area contributed by atoms with E-state index < -0.39 is 28.5 Å². The van der Waals surface area contributed by atoms with Gasteiger partial charge in [0.05, 0.1) is 10.6 Å². The Hall–Kier alpha value is -3.65. The van der Waals surface area contributed by atoms with E-state index in [-0.39, 0.29) is 16.8 Å². The molecule has 0 radical (unpaired) electrons. The van der Waals surface area contributed by atoms with Gasteiger partial charge in [-0.05, 0) is 55.5 Å². The smallest absolute Gasteiger partial charge is 0.264 e. The van der Waals surface area contributed by atoms with Crippen molar-refractivity contribution in [1.29, 1.82) is 0 Å². The summed E-state index contributed by atoms with van der Waals surface area (Å²) in [4.78, 5) is 29.1. The molecule has 2 amide bonds. The molecule has 0 bridgehead atoms. The molecule has 1 N–H and O–H groups in total. The highest BCUT2D eigenvalue weighted by molar-refractivity contribution is 7.92. The van der Waals surface area contributed by atoms with Gasteiger partial charge < -0.3 is 10.2 Å². The van der Waals surface area contributed by atoms with Crippen LogP contribution in [0.25, 0.3) is 0 Å². The monoisotopic (exact) mass is 547 g/mol. The second-order valence-electron chi connectivity index (χ2n) is 9.90. The van der Waals surface area contributed by atoms with E-state index in [0.717, 1.165) is 35.6 Å². The molecule has 1 aliphatic carbocycles. The highest BCUT2D eigenvalue weighted by atomic mass is 32.2. The van der Waals surface area contributed by atoms with Crippen molar-refractivity contribution in [2.24, 2.45) is 0 Å². The Morgan fingerprint density at radius 1 is 0.872 bits per heavy atom. The van der Waals surface area contributed by atoms with Crippen LogP contribution in [0.4, 0.5) is 5.69 Å². The van der Waals surface area contributed by atoms with E-state index in [1.54, 1.807) is 53.4 Å². The van der Waals surface area contributed by atoms with Crippen molar-refractivity contribution in [1.82, 2.24) is 10.2 Å². The molecule has 1 fully saturated rings. The quantitative estimate of drug-likeness (QED) is 0.353. The highest BCUT2D eigenvalue weighted by Crippen LogP contribution is 2.24. The van der Waals surface area contributed by atoms with Crippen molar-refractivity contribution in [3.8, 4) is 0 Å². The summed E-state index contributed by atoms with van der Waals surface area (Å²) in [5, 5.41) is 3.14. The van der Waals surface area contributed by atoms with E-state index in [0.29, 0.717) is 25.1 Å². The van der Waals surface area contributed by atoms with Crippen molar-refractivity contribution >= 4 is 27.5 Å². The van der Waals surface area contributed by atoms with Crippen LogP contribution in [0.5, 0.6) is 0 Å². The fourth-order valence-corrected chi connectivity index (χ4v) is 6.54. The predicted molar refractivity (Wildman–Crippen MR) is 154 cm³/mol. The molecule has 0 spiro atoms. The van der Waals surface area contributed by atoms with Crippen LogP contribution >= 0.6 is 0 Å². The van der Waals surface area contributed by atoms with Crippen LogP contribution in [-0.2, 0) is 26.0 Å². The van der Waals surface area contributed by atoms with Crippen LogP contribution in [0.2, 0.25) is 0 Å². The van der Waals surface area contributed by atoms with E-state index in [9.17, 15) is 18.0 Å². The lowest BCUT2D eigenvalue weighted by Gasteiger charge is -2.33. The minimum Gasteiger partial charge on any atom is -0.352 e. The number of hydrogen-bond acceptors (Lipinski definition) is 4. The third-order valence-corrected chi connectivity index (χ3v) is 9.01. The number of carbonyl (C=O) groups is 2. The largest absolute Gasteiger partial charge is 0.352 e. The second kappa shape index (κ2) is 13.4. The Balaban J connectivity index is 1.64. The molecule has 3 aromatic carbocycles. The number of amides is 2. The second-order valence-corrected chi connectivity index (χ2v) is 11.8. The molecule has 206 valence electrons. The summed E-state index contributed by atoms with van der Waals surface area (Å²) in [5.41, 5.74) is 1.43. The molecule has 4 rings (SSSR count). The number of carbonyl (C=O) groups excluding carboxylic acids is 2. The van der Waals surface area contributed by atoms with Crippen LogP contribution in [0.1, 0.15) is 44.6 Å². The maximum absolute atomic E-state index is 14.0. The Kier molecular flexibility index (Phi) is 9.76. The average molecular weight is 548 g/mol. The number of para-hydroxylation sites is 1. The van der Waals surface area contributed by atoms with Gasteiger partial charge in [-0.2, -0.15) is 0 Å². The lowest BCUT2D eigenvalue weighted by atomic mass is 10.1. The van der Waals surface area contributed by atoms with E-state index >= 15 is 0 Å². The molecular formula is C31H37N3O4S. The summed E-state index contributed by atoms with van der Waals surface area (Å²) in [5.74, 6) is -0.592. The zero-order valence-electron chi connectivity index (χ0n) is 22.4. The zero-order valence-corrected chi connectivity index (χ0v) is 23.2. The molecule has 1 unspecified atom stereocenters. The fraction of sp³-hybridized carbons (Fsp3) is 0.355. The minimum atomic E-state index is -4.04. The SMILES string of the molecule is CCC(C(=O)NC1CCCC1)N(CCc1ccccc1)C(=O)CN(c1ccccc1)S(=O)(=O)c1ccccc1. The van der Waals surface area contributed by atoms with E-state index in [1.165, 1.54) is 12.1 Å². The van der Waals surface area contributed by atoms with Crippen molar-refractivity contribution in [3.63, 3.8) is 0 Å². The first-order chi connectivity index (χ1) is 18.9. The van der Waals surface area contributed by atoms with E-state index in [1.807, 2.05) is 37.3 Å². The van der Waals surface area contributed by atoms with Crippen LogP contribution in [0.3, 0.4) is 0 Å². The molecule has 0 saturated heterocycles. The minimum absolute atomic E-state index is 0.100. The van der Waals surface area contributed by atoms with Gasteiger partial charge in [-0.3, -0.25) is 13.9 Å². The predicted octanol–water partition coefficient (Wildman–Crippen LogP) is 4.79. The average Bonchev–Trinajstić information content (AvgIpc) is 3.48. The summed E-state index contributed by atoms with van der Waals surface area (Å²) in [6.07, 6.45) is 5.03. The third-order valence-electron chi connectivity index (χ3n) is 7.23. The van der Waals surface area contributed by atoms with E-state index in [2.05, 4.69) is 5.32 Å². The number of sulfonamides is 1. The lowest BCUT2D eigenvalue weighted by Crippen LogP contribution is -2.54. The van der Waals surface area contributed by atoms with Crippen molar-refractivity contribution in [2.45, 2.75) is 62.4 Å². The van der Waals surface area contributed by atoms with Gasteiger partial charge in [0.25, 0.3) is 10.0 Å². The third kappa shape index (κ3) is 7.26. The van der Waals surface area contributed by atoms with Gasteiger partial charge in [0.15, 0.2) is 0 Å². The van der Waals surface area contributed by atoms with Gasteiger partial charge >= 0.3 is 0 Å². The number of nitrogens with zero attached hydrogens (tertiary/aromatic N) is 2. The van der Waals surface area contributed by atoms with Gasteiger partial charge in [0.1, 0.15) is 12.6 Å². The van der Waals surface area contributed by atoms with Gasteiger partial charge in [-0.15, -0.1) is 0 Å². The number of hydrogen-bond donors (Lipinski definition) is 1. The molecule has 39 heavy (non-hydrogen) atoms. The highest BCUT2D eigenvalue weighted by Gasteiger charge is 2.34. The number of rotatable bonds is 12. The molecule has 8 heteroatoms. The fourth-order valence-electron chi connectivity index (χ4n) is 5.11. The van der Waals surface area contributed by atoms with Crippen LogP contribution in [0, 0.1) is 0 Å². The molecular weight excluding hydrogens is 510 g/mol. The maximum Gasteiger partial charge on any atom is 0.264 e. The van der Waals surface area contributed by atoms with Gasteiger partial charge in [0, 0.05) is 12.6 Å². The number of benzene rings is 3. The summed E-state index contributed by atoms with van der Waals surface area (Å²) in [6.45, 7) is 1.77. The molecule has 0 aliphatic heterocycles. The number of anilines is 1. The van der Waals surface area contributed by atoms with Gasteiger partial charge in [-0.1, -0.05) is 86.5 Å².